The fourth-order valence-corrected chi connectivity index (χ4v) is 58.3. The minimum absolute atomic E-state index is 0. The van der Waals surface area contributed by atoms with Crippen LogP contribution in [0.3, 0.4) is 0 Å². The molecule has 42 nitrogen and oxygen atoms in total. The molecular weight excluding hydrogens is 2180 g/mol. The molecule has 0 aromatic rings. The average molecular weight is 2390 g/mol. The minimum atomic E-state index is -4.46. The molecule has 147 heavy (non-hydrogen) atoms. The Bertz CT molecular complexity index is 3270. The van der Waals surface area contributed by atoms with Crippen LogP contribution in [0.1, 0.15) is 107 Å². The number of aliphatic hydroxyl groups is 7. The first-order valence-electron chi connectivity index (χ1n) is 51.4. The van der Waals surface area contributed by atoms with Gasteiger partial charge in [-0.15, -0.1) is 11.6 Å². The molecule has 2 aliphatic heterocycles. The maximum absolute atomic E-state index is 10.7. The third-order valence-corrected chi connectivity index (χ3v) is 57.8. The zero-order valence-corrected chi connectivity index (χ0v) is 114. The molecule has 0 spiro atoms. The van der Waals surface area contributed by atoms with E-state index in [2.05, 4.69) is 139 Å². The monoisotopic (exact) mass is 2390 g/mol. The standard InChI is InChI=1S/2C30H70N2O12SSi3.C18H40O6Si3.C8H20N2O2.C3H7ClO4S.3Na/c2*1-10-28(33)23-39-13-11-17-46(4,5)43-48(8,9)44-47(6,7)18-12-14-40-24-29(34)19-31-26(2)21-41-15-16-42-22-27(3)32-20-30(35)25-45(36,37)38;1-25(2,11-7-9-19-13-17-15-21-17)23-27(5,6)24-26(3,4)12-8-10-20-14-18-16-22-18;1-7(9)5-11-3-4-12-6-8(2)10;4-1-3(5)2-9(6,7)8;;;/h2*26-35H,10-25H2,1-9H3,(H,36,37,38);17-18H,7-16H2,1-6H3;7-8H,3-6,9-10H2,1-2H3;3,5H,1-2H2,(H,6,7,8);;;/q;;;;;3*+1/p-3. The maximum atomic E-state index is 10.7. The number of alkyl halides is 1. The maximum Gasteiger partial charge on any atom is 1.00 e. The number of halogens is 1. The van der Waals surface area contributed by atoms with Gasteiger partial charge in [-0.2, -0.15) is 0 Å². The first-order chi connectivity index (χ1) is 66.5. The van der Waals surface area contributed by atoms with Crippen molar-refractivity contribution in [2.24, 2.45) is 11.5 Å². The summed E-state index contributed by atoms with van der Waals surface area (Å²) in [6.07, 6.45) is 1.98. The van der Waals surface area contributed by atoms with Gasteiger partial charge < -0.3 is 173 Å². The summed E-state index contributed by atoms with van der Waals surface area (Å²) in [6.45, 7) is 69.9. The van der Waals surface area contributed by atoms with Crippen LogP contribution in [-0.2, 0) is 121 Å². The van der Waals surface area contributed by atoms with Crippen LogP contribution in [0.2, 0.25) is 154 Å². The second-order valence-corrected chi connectivity index (χ2v) is 84.8. The van der Waals surface area contributed by atoms with E-state index in [0.29, 0.717) is 157 Å². The second kappa shape index (κ2) is 89.1. The molecule has 15 atom stereocenters. The summed E-state index contributed by atoms with van der Waals surface area (Å²) in [6, 6.07) is 6.06. The molecule has 15 unspecified atom stereocenters. The number of rotatable bonds is 90. The quantitative estimate of drug-likeness (QED) is 0.00988. The second-order valence-electron chi connectivity index (χ2n) is 42.7. The third-order valence-electron chi connectivity index (χ3n) is 20.7. The summed E-state index contributed by atoms with van der Waals surface area (Å²) < 4.78 is 210. The molecule has 0 aromatic carbocycles. The van der Waals surface area contributed by atoms with Gasteiger partial charge >= 0.3 is 114 Å². The van der Waals surface area contributed by atoms with Gasteiger partial charge in [-0.25, -0.2) is 25.3 Å². The largest absolute Gasteiger partial charge is 1.00 e. The van der Waals surface area contributed by atoms with Gasteiger partial charge in [0.1, 0.15) is 12.2 Å². The van der Waals surface area contributed by atoms with Gasteiger partial charge in [-0.3, -0.25) is 0 Å². The fourth-order valence-electron chi connectivity index (χ4n) is 14.3. The molecule has 0 amide bonds. The normalized spacial score (nSPS) is 17.2. The van der Waals surface area contributed by atoms with E-state index in [1.54, 1.807) is 0 Å². The number of nitrogens with one attached hydrogen (secondary N) is 4. The topological polar surface area (TPSA) is 605 Å². The summed E-state index contributed by atoms with van der Waals surface area (Å²) >= 11 is 5.00. The van der Waals surface area contributed by atoms with Crippen molar-refractivity contribution in [3.63, 3.8) is 0 Å². The predicted octanol–water partition coefficient (Wildman–Crippen LogP) is -2.46. The molecule has 0 aliphatic carbocycles. The summed E-state index contributed by atoms with van der Waals surface area (Å²) in [5.74, 6) is -2.69. The van der Waals surface area contributed by atoms with E-state index in [4.69, 9.17) is 119 Å². The Hall–Kier alpha value is 3.65. The Labute approximate surface area is 968 Å². The molecule has 870 valence electrons. The first-order valence-corrected chi connectivity index (χ1v) is 83.8. The summed E-state index contributed by atoms with van der Waals surface area (Å²) in [5, 5.41) is 79.8. The SMILES string of the molecule is CC(N)COCCOCC(C)N.CCC(O)COCCC[Si](C)(C)O[Si](C)(C)O[Si](C)(C)CCCOCC(O)CNC(C)COCCOCC(C)NCC(O)CS(=O)(=O)[O-].CCC(O)COCCC[Si](C)(C)O[Si](C)(C)O[Si](C)(C)CCCOCC(O)CNC(C)COCCOCC(C)NCC(O)CS(=O)(=O)[O-].C[Si](C)(CCCOCC1CO1)O[Si](C)(C)O[Si](C)(C)CCCOCC1CO1.O=S(=O)([O-])CC(O)CCl.[Na+].[Na+].[Na+]. The van der Waals surface area contributed by atoms with Crippen molar-refractivity contribution >= 4 is 118 Å². The van der Waals surface area contributed by atoms with Crippen LogP contribution in [0.5, 0.6) is 0 Å². The molecule has 2 aliphatic rings. The predicted molar refractivity (Wildman–Crippen MR) is 584 cm³/mol. The molecule has 15 N–H and O–H groups in total. The van der Waals surface area contributed by atoms with Crippen molar-refractivity contribution in [2.75, 3.05) is 221 Å². The fraction of sp³-hybridized carbons (Fsp3) is 1.00. The van der Waals surface area contributed by atoms with Crippen LogP contribution in [0.25, 0.3) is 0 Å². The Morgan fingerprint density at radius 3 is 0.673 bits per heavy atom. The third kappa shape index (κ3) is 116. The number of hydrogen-bond acceptors (Lipinski definition) is 42. The van der Waals surface area contributed by atoms with Gasteiger partial charge in [-0.1, -0.05) is 13.8 Å². The molecule has 2 heterocycles. The van der Waals surface area contributed by atoms with Crippen LogP contribution < -0.4 is 121 Å². The van der Waals surface area contributed by atoms with E-state index in [1.165, 1.54) is 0 Å². The van der Waals surface area contributed by atoms with E-state index < -0.39 is 166 Å². The molecule has 2 fully saturated rings. The van der Waals surface area contributed by atoms with Crippen molar-refractivity contribution in [3.8, 4) is 0 Å². The van der Waals surface area contributed by atoms with Crippen molar-refractivity contribution in [1.29, 1.82) is 0 Å². The summed E-state index contributed by atoms with van der Waals surface area (Å²) in [5.41, 5.74) is 10.9. The Morgan fingerprint density at radius 1 is 0.306 bits per heavy atom. The number of epoxide rings is 2. The number of aliphatic hydroxyl groups excluding tert-OH is 7. The van der Waals surface area contributed by atoms with Gasteiger partial charge in [0, 0.05) is 108 Å². The smallest absolute Gasteiger partial charge is 0.748 e. The van der Waals surface area contributed by atoms with Gasteiger partial charge in [-0.05, 0) is 247 Å². The van der Waals surface area contributed by atoms with Crippen LogP contribution in [0, 0.1) is 0 Å². The molecule has 58 heteroatoms. The van der Waals surface area contributed by atoms with Crippen LogP contribution in [0.4, 0.5) is 0 Å². The number of nitrogens with two attached hydrogens (primary N) is 2. The van der Waals surface area contributed by atoms with E-state index in [-0.39, 0.29) is 157 Å². The van der Waals surface area contributed by atoms with E-state index in [1.807, 2.05) is 55.4 Å². The molecule has 0 aromatic heterocycles. The molecular formula is C89H204ClN6Na3O36S3Si9. The molecule has 0 bridgehead atoms. The average Bonchev–Trinajstić information content (AvgIpc) is 1.64. The van der Waals surface area contributed by atoms with Gasteiger partial charge in [0.2, 0.25) is 0 Å². The summed E-state index contributed by atoms with van der Waals surface area (Å²) in [7, 11) is -31.2. The Kier molecular flexibility index (Phi) is 97.7. The van der Waals surface area contributed by atoms with Crippen LogP contribution in [-0.4, -0.2) is 463 Å². The van der Waals surface area contributed by atoms with Crippen molar-refractivity contribution in [1.82, 2.24) is 21.3 Å². The van der Waals surface area contributed by atoms with E-state index >= 15 is 0 Å². The van der Waals surface area contributed by atoms with E-state index in [0.717, 1.165) is 114 Å². The molecule has 2 saturated heterocycles. The van der Waals surface area contributed by atoms with Crippen molar-refractivity contribution < 1.29 is 254 Å². The number of hydrogen-bond donors (Lipinski definition) is 13. The Balaban J connectivity index is -0.000000466. The van der Waals surface area contributed by atoms with Gasteiger partial charge in [0.25, 0.3) is 0 Å². The zero-order chi connectivity index (χ0) is 111. The zero-order valence-electron chi connectivity index (χ0n) is 95.8. The van der Waals surface area contributed by atoms with Crippen LogP contribution >= 0.6 is 11.6 Å². The van der Waals surface area contributed by atoms with E-state index in [9.17, 15) is 69.6 Å². The molecule has 2 rings (SSSR count). The minimum Gasteiger partial charge on any atom is -0.748 e. The Morgan fingerprint density at radius 2 is 0.490 bits per heavy atom. The van der Waals surface area contributed by atoms with Crippen molar-refractivity contribution in [3.05, 3.63) is 0 Å². The molecule has 0 radical (unpaired) electrons. The van der Waals surface area contributed by atoms with Crippen LogP contribution in [0.15, 0.2) is 0 Å². The first kappa shape index (κ1) is 161. The van der Waals surface area contributed by atoms with Crippen molar-refractivity contribution in [2.45, 2.75) is 352 Å². The summed E-state index contributed by atoms with van der Waals surface area (Å²) in [4.78, 5) is 0. The van der Waals surface area contributed by atoms with Gasteiger partial charge in [0.15, 0.2) is 49.9 Å². The number of ether oxygens (including phenoxy) is 14. The molecule has 0 saturated carbocycles. The van der Waals surface area contributed by atoms with Gasteiger partial charge in [0.05, 0.1) is 222 Å².